The maximum atomic E-state index is 15.7. The van der Waals surface area contributed by atoms with E-state index in [2.05, 4.69) is 0 Å². The van der Waals surface area contributed by atoms with Gasteiger partial charge >= 0.3 is 0 Å². The molecular formula is C45H38O6. The summed E-state index contributed by atoms with van der Waals surface area (Å²) >= 11 is 0. The lowest BCUT2D eigenvalue weighted by atomic mass is 9.44. The number of ketones is 3. The first-order valence-electron chi connectivity index (χ1n) is 16.8. The molecular weight excluding hydrogens is 636 g/mol. The van der Waals surface area contributed by atoms with E-state index in [1.165, 1.54) is 0 Å². The minimum Gasteiger partial charge on any atom is -0.342 e. The predicted molar refractivity (Wildman–Crippen MR) is 196 cm³/mol. The van der Waals surface area contributed by atoms with Crippen molar-refractivity contribution < 1.29 is 29.7 Å². The first-order valence-corrected chi connectivity index (χ1v) is 16.8. The second-order valence-corrected chi connectivity index (χ2v) is 12.6. The number of hydrogen-bond acceptors (Lipinski definition) is 6. The van der Waals surface area contributed by atoms with Crippen molar-refractivity contribution in [2.45, 2.75) is 29.6 Å². The Morgan fingerprint density at radius 2 is 0.804 bits per heavy atom. The minimum atomic E-state index is -3.79. The number of hydrogen-bond donors (Lipinski definition) is 3. The summed E-state index contributed by atoms with van der Waals surface area (Å²) in [4.78, 5) is 44.9. The zero-order valence-corrected chi connectivity index (χ0v) is 27.9. The van der Waals surface area contributed by atoms with E-state index in [1.54, 1.807) is 182 Å². The Bertz CT molecular complexity index is 2020. The lowest BCUT2D eigenvalue weighted by Crippen LogP contribution is -2.71. The van der Waals surface area contributed by atoms with Crippen molar-refractivity contribution in [1.29, 1.82) is 0 Å². The van der Waals surface area contributed by atoms with Crippen LogP contribution in [0, 0.1) is 5.92 Å². The topological polar surface area (TPSA) is 112 Å². The van der Waals surface area contributed by atoms with Crippen LogP contribution in [0.3, 0.4) is 0 Å². The number of benzene rings is 6. The fourth-order valence-electron chi connectivity index (χ4n) is 7.70. The Morgan fingerprint density at radius 3 is 1.22 bits per heavy atom. The molecule has 0 saturated heterocycles. The zero-order chi connectivity index (χ0) is 35.9. The first-order chi connectivity index (χ1) is 24.7. The Morgan fingerprint density at radius 1 is 0.451 bits per heavy atom. The molecule has 0 aliphatic rings. The quantitative estimate of drug-likeness (QED) is 0.0811. The number of rotatable bonds is 14. The van der Waals surface area contributed by atoms with Crippen LogP contribution in [0.1, 0.15) is 60.6 Å². The molecule has 0 radical (unpaired) electrons. The number of carbonyl (C=O) groups is 3. The average molecular weight is 675 g/mol. The first kappa shape index (κ1) is 35.1. The monoisotopic (exact) mass is 674 g/mol. The van der Waals surface area contributed by atoms with Crippen molar-refractivity contribution in [2.24, 2.45) is 5.92 Å². The molecule has 0 saturated carbocycles. The van der Waals surface area contributed by atoms with Crippen LogP contribution < -0.4 is 0 Å². The van der Waals surface area contributed by atoms with Gasteiger partial charge in [-0.05, 0) is 23.1 Å². The van der Waals surface area contributed by atoms with Gasteiger partial charge in [0.05, 0.1) is 5.41 Å². The Balaban J connectivity index is 1.81. The van der Waals surface area contributed by atoms with Gasteiger partial charge in [0, 0.05) is 29.0 Å². The van der Waals surface area contributed by atoms with Gasteiger partial charge in [-0.2, -0.15) is 0 Å². The van der Waals surface area contributed by atoms with Crippen LogP contribution in [0.2, 0.25) is 0 Å². The third-order valence-electron chi connectivity index (χ3n) is 9.79. The molecule has 2 atom stereocenters. The van der Waals surface area contributed by atoms with Gasteiger partial charge < -0.3 is 15.3 Å². The van der Waals surface area contributed by atoms with Crippen LogP contribution in [-0.2, 0) is 10.8 Å². The van der Waals surface area contributed by atoms with Crippen molar-refractivity contribution in [3.8, 4) is 0 Å². The minimum absolute atomic E-state index is 0.0549. The molecule has 6 rings (SSSR count). The van der Waals surface area contributed by atoms with E-state index >= 15 is 9.59 Å². The number of carbonyl (C=O) groups excluding carboxylic acids is 3. The van der Waals surface area contributed by atoms with Crippen LogP contribution in [0.15, 0.2) is 182 Å². The molecule has 0 aromatic heterocycles. The highest BCUT2D eigenvalue weighted by atomic mass is 16.7. The summed E-state index contributed by atoms with van der Waals surface area (Å²) < 4.78 is 0. The third-order valence-corrected chi connectivity index (χ3v) is 9.79. The number of Topliss-reactive ketones (excluding diaryl/α,β-unsaturated/α-hetero) is 3. The summed E-state index contributed by atoms with van der Waals surface area (Å²) in [6, 6.07) is 50.9. The molecule has 0 spiro atoms. The van der Waals surface area contributed by atoms with Crippen LogP contribution in [0.25, 0.3) is 0 Å². The molecule has 254 valence electrons. The lowest BCUT2D eigenvalue weighted by Gasteiger charge is -2.56. The molecule has 0 amide bonds. The van der Waals surface area contributed by atoms with Gasteiger partial charge in [0.15, 0.2) is 22.8 Å². The standard InChI is InChI=1S/C45H38O6/c46-40(33-19-7-1-8-20-33)32-31-39(41(47)34-21-9-2-10-22-34)43(36-25-13-4-14-26-36,37-27-15-5-16-28-37)44(45(49,50)51,38-29-17-6-18-30-38)42(48)35-23-11-3-12-24-35/h1-30,39,49-51H,31-32H2. The van der Waals surface area contributed by atoms with Crippen molar-refractivity contribution in [3.63, 3.8) is 0 Å². The maximum Gasteiger partial charge on any atom is 0.294 e. The molecule has 3 N–H and O–H groups in total. The molecule has 6 aromatic rings. The zero-order valence-electron chi connectivity index (χ0n) is 27.9. The molecule has 0 aliphatic carbocycles. The normalized spacial score (nSPS) is 13.5. The van der Waals surface area contributed by atoms with Gasteiger partial charge in [0.2, 0.25) is 0 Å². The highest BCUT2D eigenvalue weighted by Crippen LogP contribution is 2.60. The summed E-state index contributed by atoms with van der Waals surface area (Å²) in [6.07, 6.45) is -0.258. The van der Waals surface area contributed by atoms with Crippen LogP contribution in [0.4, 0.5) is 0 Å². The summed E-state index contributed by atoms with van der Waals surface area (Å²) in [7, 11) is 0. The molecule has 51 heavy (non-hydrogen) atoms. The van der Waals surface area contributed by atoms with E-state index in [1.807, 2.05) is 0 Å². The van der Waals surface area contributed by atoms with E-state index < -0.39 is 34.3 Å². The second kappa shape index (κ2) is 15.0. The Kier molecular flexibility index (Phi) is 10.3. The van der Waals surface area contributed by atoms with Gasteiger partial charge in [-0.15, -0.1) is 0 Å². The fraction of sp³-hybridized carbons (Fsp3) is 0.133. The van der Waals surface area contributed by atoms with Crippen LogP contribution in [-0.4, -0.2) is 38.6 Å². The van der Waals surface area contributed by atoms with Gasteiger partial charge in [0.25, 0.3) is 5.97 Å². The highest BCUT2D eigenvalue weighted by molar-refractivity contribution is 6.09. The predicted octanol–water partition coefficient (Wildman–Crippen LogP) is 7.59. The molecule has 0 bridgehead atoms. The Hall–Kier alpha value is -5.79. The second-order valence-electron chi connectivity index (χ2n) is 12.6. The number of aliphatic hydroxyl groups is 3. The molecule has 0 aliphatic heterocycles. The van der Waals surface area contributed by atoms with Crippen molar-refractivity contribution in [1.82, 2.24) is 0 Å². The van der Waals surface area contributed by atoms with E-state index in [9.17, 15) is 20.1 Å². The third kappa shape index (κ3) is 6.37. The summed E-state index contributed by atoms with van der Waals surface area (Å²) in [5.74, 6) is -6.65. The van der Waals surface area contributed by atoms with Crippen molar-refractivity contribution in [3.05, 3.63) is 215 Å². The summed E-state index contributed by atoms with van der Waals surface area (Å²) in [5, 5.41) is 36.4. The SMILES string of the molecule is O=C(CCC(C(=O)c1ccccc1)C(c1ccccc1)(c1ccccc1)C(C(=O)c1ccccc1)(c1ccccc1)C(O)(O)O)c1ccccc1. The maximum absolute atomic E-state index is 15.7. The van der Waals surface area contributed by atoms with Gasteiger partial charge in [-0.25, -0.2) is 0 Å². The largest absolute Gasteiger partial charge is 0.342 e. The van der Waals surface area contributed by atoms with Crippen LogP contribution in [0.5, 0.6) is 0 Å². The van der Waals surface area contributed by atoms with Gasteiger partial charge in [-0.1, -0.05) is 182 Å². The van der Waals surface area contributed by atoms with Crippen LogP contribution >= 0.6 is 0 Å². The molecule has 0 heterocycles. The van der Waals surface area contributed by atoms with E-state index in [-0.39, 0.29) is 29.8 Å². The van der Waals surface area contributed by atoms with Gasteiger partial charge in [-0.3, -0.25) is 14.4 Å². The molecule has 6 aromatic carbocycles. The van der Waals surface area contributed by atoms with E-state index in [4.69, 9.17) is 0 Å². The highest BCUT2D eigenvalue weighted by Gasteiger charge is 2.72. The van der Waals surface area contributed by atoms with E-state index in [0.29, 0.717) is 22.3 Å². The summed E-state index contributed by atoms with van der Waals surface area (Å²) in [5.41, 5.74) is -3.20. The van der Waals surface area contributed by atoms with E-state index in [0.717, 1.165) is 0 Å². The molecule has 6 heteroatoms. The van der Waals surface area contributed by atoms with Crippen molar-refractivity contribution in [2.75, 3.05) is 0 Å². The molecule has 6 nitrogen and oxygen atoms in total. The smallest absolute Gasteiger partial charge is 0.294 e. The Labute approximate surface area is 297 Å². The average Bonchev–Trinajstić information content (AvgIpc) is 3.18. The lowest BCUT2D eigenvalue weighted by molar-refractivity contribution is -0.351. The summed E-state index contributed by atoms with van der Waals surface area (Å²) in [6.45, 7) is 0. The fourth-order valence-corrected chi connectivity index (χ4v) is 7.70. The molecule has 2 unspecified atom stereocenters. The van der Waals surface area contributed by atoms with Crippen molar-refractivity contribution >= 4 is 17.3 Å². The molecule has 0 fully saturated rings. The van der Waals surface area contributed by atoms with Gasteiger partial charge in [0.1, 0.15) is 0 Å².